The van der Waals surface area contributed by atoms with Crippen LogP contribution in [-0.2, 0) is 6.54 Å². The third kappa shape index (κ3) is 3.58. The summed E-state index contributed by atoms with van der Waals surface area (Å²) in [7, 11) is 0. The SMILES string of the molecule is Cc1cc(C(=O)NCCCn2cccn2)ccc1N. The molecule has 1 aromatic carbocycles. The highest BCUT2D eigenvalue weighted by molar-refractivity contribution is 5.94. The summed E-state index contributed by atoms with van der Waals surface area (Å²) >= 11 is 0. The number of carbonyl (C=O) groups is 1. The summed E-state index contributed by atoms with van der Waals surface area (Å²) < 4.78 is 1.85. The number of benzene rings is 1. The van der Waals surface area contributed by atoms with Crippen LogP contribution in [0.2, 0.25) is 0 Å². The number of nitrogens with two attached hydrogens (primary N) is 1. The minimum Gasteiger partial charge on any atom is -0.399 e. The van der Waals surface area contributed by atoms with Crippen molar-refractivity contribution in [3.8, 4) is 0 Å². The van der Waals surface area contributed by atoms with Gasteiger partial charge >= 0.3 is 0 Å². The zero-order valence-corrected chi connectivity index (χ0v) is 11.0. The largest absolute Gasteiger partial charge is 0.399 e. The second-order valence-corrected chi connectivity index (χ2v) is 4.45. The van der Waals surface area contributed by atoms with E-state index in [2.05, 4.69) is 10.4 Å². The topological polar surface area (TPSA) is 72.9 Å². The summed E-state index contributed by atoms with van der Waals surface area (Å²) in [5.74, 6) is -0.0661. The van der Waals surface area contributed by atoms with E-state index in [4.69, 9.17) is 5.73 Å². The fourth-order valence-corrected chi connectivity index (χ4v) is 1.79. The Kier molecular flexibility index (Phi) is 4.18. The van der Waals surface area contributed by atoms with Crippen LogP contribution in [0.4, 0.5) is 5.69 Å². The Bertz CT molecular complexity index is 549. The molecule has 0 bridgehead atoms. The smallest absolute Gasteiger partial charge is 0.251 e. The molecular formula is C14H18N4O. The Morgan fingerprint density at radius 2 is 2.32 bits per heavy atom. The second kappa shape index (κ2) is 6.04. The molecule has 0 atom stereocenters. The van der Waals surface area contributed by atoms with Crippen molar-refractivity contribution in [1.29, 1.82) is 0 Å². The maximum absolute atomic E-state index is 11.9. The van der Waals surface area contributed by atoms with Crippen LogP contribution in [0.3, 0.4) is 0 Å². The number of hydrogen-bond donors (Lipinski definition) is 2. The van der Waals surface area contributed by atoms with Crippen LogP contribution in [0.25, 0.3) is 0 Å². The Labute approximate surface area is 112 Å². The Balaban J connectivity index is 1.79. The van der Waals surface area contributed by atoms with Crippen LogP contribution in [-0.4, -0.2) is 22.2 Å². The van der Waals surface area contributed by atoms with E-state index in [9.17, 15) is 4.79 Å². The molecule has 3 N–H and O–H groups in total. The number of hydrogen-bond acceptors (Lipinski definition) is 3. The number of anilines is 1. The van der Waals surface area contributed by atoms with Gasteiger partial charge in [0.15, 0.2) is 0 Å². The molecule has 1 amide bonds. The summed E-state index contributed by atoms with van der Waals surface area (Å²) in [4.78, 5) is 11.9. The number of nitrogens with zero attached hydrogens (tertiary/aromatic N) is 2. The van der Waals surface area contributed by atoms with Crippen molar-refractivity contribution in [2.75, 3.05) is 12.3 Å². The third-order valence-corrected chi connectivity index (χ3v) is 2.94. The van der Waals surface area contributed by atoms with Gasteiger partial charge in [0.25, 0.3) is 5.91 Å². The van der Waals surface area contributed by atoms with E-state index >= 15 is 0 Å². The molecule has 0 spiro atoms. The molecule has 0 fully saturated rings. The number of amides is 1. The predicted molar refractivity (Wildman–Crippen MR) is 74.8 cm³/mol. The first kappa shape index (κ1) is 13.1. The third-order valence-electron chi connectivity index (χ3n) is 2.94. The molecule has 0 aliphatic rings. The van der Waals surface area contributed by atoms with Crippen LogP contribution in [0.15, 0.2) is 36.7 Å². The quantitative estimate of drug-likeness (QED) is 0.632. The van der Waals surface area contributed by atoms with Gasteiger partial charge in [0.1, 0.15) is 0 Å². The highest BCUT2D eigenvalue weighted by atomic mass is 16.1. The second-order valence-electron chi connectivity index (χ2n) is 4.45. The van der Waals surface area contributed by atoms with Crippen molar-refractivity contribution in [3.05, 3.63) is 47.8 Å². The average Bonchev–Trinajstić information content (AvgIpc) is 2.91. The van der Waals surface area contributed by atoms with Gasteiger partial charge in [0.05, 0.1) is 0 Å². The van der Waals surface area contributed by atoms with Crippen molar-refractivity contribution in [1.82, 2.24) is 15.1 Å². The maximum atomic E-state index is 11.9. The lowest BCUT2D eigenvalue weighted by Crippen LogP contribution is -2.25. The molecule has 100 valence electrons. The van der Waals surface area contributed by atoms with Gasteiger partial charge in [-0.25, -0.2) is 0 Å². The minimum absolute atomic E-state index is 0.0661. The van der Waals surface area contributed by atoms with Crippen molar-refractivity contribution in [3.63, 3.8) is 0 Å². The lowest BCUT2D eigenvalue weighted by molar-refractivity contribution is 0.0952. The minimum atomic E-state index is -0.0661. The molecule has 1 heterocycles. The van der Waals surface area contributed by atoms with E-state index in [-0.39, 0.29) is 5.91 Å². The van der Waals surface area contributed by atoms with Crippen molar-refractivity contribution in [2.24, 2.45) is 0 Å². The molecular weight excluding hydrogens is 240 g/mol. The summed E-state index contributed by atoms with van der Waals surface area (Å²) in [6.45, 7) is 3.32. The first-order valence-electron chi connectivity index (χ1n) is 6.28. The van der Waals surface area contributed by atoms with Gasteiger partial charge in [0, 0.05) is 36.7 Å². The van der Waals surface area contributed by atoms with Crippen LogP contribution in [0.5, 0.6) is 0 Å². The number of nitrogen functional groups attached to an aromatic ring is 1. The molecule has 0 unspecified atom stereocenters. The van der Waals surface area contributed by atoms with Gasteiger partial charge < -0.3 is 11.1 Å². The standard InChI is InChI=1S/C14H18N4O/c1-11-10-12(4-5-13(11)15)14(19)16-6-2-8-18-9-3-7-17-18/h3-5,7,9-10H,2,6,8,15H2,1H3,(H,16,19). The van der Waals surface area contributed by atoms with Crippen LogP contribution in [0, 0.1) is 6.92 Å². The molecule has 5 nitrogen and oxygen atoms in total. The molecule has 0 saturated heterocycles. The van der Waals surface area contributed by atoms with Gasteiger partial charge in [-0.05, 0) is 43.2 Å². The summed E-state index contributed by atoms with van der Waals surface area (Å²) in [5, 5.41) is 6.99. The van der Waals surface area contributed by atoms with E-state index in [0.717, 1.165) is 18.5 Å². The molecule has 2 rings (SSSR count). The molecule has 19 heavy (non-hydrogen) atoms. The Morgan fingerprint density at radius 1 is 1.47 bits per heavy atom. The summed E-state index contributed by atoms with van der Waals surface area (Å²) in [6.07, 6.45) is 4.50. The van der Waals surface area contributed by atoms with E-state index < -0.39 is 0 Å². The number of aromatic nitrogens is 2. The molecule has 0 radical (unpaired) electrons. The number of aryl methyl sites for hydroxylation is 2. The van der Waals surface area contributed by atoms with Crippen molar-refractivity contribution < 1.29 is 4.79 Å². The zero-order chi connectivity index (χ0) is 13.7. The monoisotopic (exact) mass is 258 g/mol. The Hall–Kier alpha value is -2.30. The van der Waals surface area contributed by atoms with E-state index in [1.54, 1.807) is 24.4 Å². The molecule has 0 saturated carbocycles. The predicted octanol–water partition coefficient (Wildman–Crippen LogP) is 1.59. The van der Waals surface area contributed by atoms with Gasteiger partial charge in [-0.2, -0.15) is 5.10 Å². The lowest BCUT2D eigenvalue weighted by Gasteiger charge is -2.07. The number of carbonyl (C=O) groups excluding carboxylic acids is 1. The zero-order valence-electron chi connectivity index (χ0n) is 11.0. The van der Waals surface area contributed by atoms with Crippen LogP contribution >= 0.6 is 0 Å². The van der Waals surface area contributed by atoms with Gasteiger partial charge in [-0.15, -0.1) is 0 Å². The Morgan fingerprint density at radius 3 is 3.00 bits per heavy atom. The van der Waals surface area contributed by atoms with E-state index in [1.165, 1.54) is 0 Å². The highest BCUT2D eigenvalue weighted by Crippen LogP contribution is 2.12. The summed E-state index contributed by atoms with van der Waals surface area (Å²) in [5.41, 5.74) is 7.99. The first-order chi connectivity index (χ1) is 9.16. The highest BCUT2D eigenvalue weighted by Gasteiger charge is 2.05. The van der Waals surface area contributed by atoms with Crippen LogP contribution < -0.4 is 11.1 Å². The van der Waals surface area contributed by atoms with E-state index in [0.29, 0.717) is 17.8 Å². The fraction of sp³-hybridized carbons (Fsp3) is 0.286. The van der Waals surface area contributed by atoms with Crippen LogP contribution in [0.1, 0.15) is 22.3 Å². The fourth-order valence-electron chi connectivity index (χ4n) is 1.79. The number of rotatable bonds is 5. The molecule has 0 aliphatic heterocycles. The van der Waals surface area contributed by atoms with Gasteiger partial charge in [-0.3, -0.25) is 9.48 Å². The normalized spacial score (nSPS) is 10.4. The number of nitrogens with one attached hydrogen (secondary N) is 1. The van der Waals surface area contributed by atoms with Gasteiger partial charge in [-0.1, -0.05) is 0 Å². The van der Waals surface area contributed by atoms with Gasteiger partial charge in [0.2, 0.25) is 0 Å². The average molecular weight is 258 g/mol. The maximum Gasteiger partial charge on any atom is 0.251 e. The molecule has 2 aromatic rings. The first-order valence-corrected chi connectivity index (χ1v) is 6.28. The lowest BCUT2D eigenvalue weighted by atomic mass is 10.1. The molecule has 5 heteroatoms. The van der Waals surface area contributed by atoms with E-state index in [1.807, 2.05) is 23.9 Å². The molecule has 1 aromatic heterocycles. The summed E-state index contributed by atoms with van der Waals surface area (Å²) in [6, 6.07) is 7.19. The van der Waals surface area contributed by atoms with Crippen molar-refractivity contribution in [2.45, 2.75) is 19.9 Å². The van der Waals surface area contributed by atoms with Crippen molar-refractivity contribution >= 4 is 11.6 Å². The molecule has 0 aliphatic carbocycles.